The van der Waals surface area contributed by atoms with Crippen LogP contribution >= 0.6 is 23.2 Å². The number of halogens is 2. The molecule has 0 saturated heterocycles. The molecule has 0 unspecified atom stereocenters. The van der Waals surface area contributed by atoms with Gasteiger partial charge < -0.3 is 10.1 Å². The van der Waals surface area contributed by atoms with Crippen LogP contribution in [0.2, 0.25) is 5.02 Å². The molecule has 1 rings (SSSR count). The third-order valence-electron chi connectivity index (χ3n) is 2.30. The Hall–Kier alpha value is -1.46. The van der Waals surface area contributed by atoms with Crippen LogP contribution in [0.15, 0.2) is 18.2 Å². The van der Waals surface area contributed by atoms with Crippen LogP contribution in [0.5, 0.6) is 5.75 Å². The van der Waals surface area contributed by atoms with Crippen LogP contribution in [0.25, 0.3) is 0 Å². The number of benzene rings is 1. The van der Waals surface area contributed by atoms with Crippen LogP contribution < -0.4 is 15.4 Å². The number of imide groups is 1. The van der Waals surface area contributed by atoms with Gasteiger partial charge in [-0.25, -0.2) is 4.79 Å². The van der Waals surface area contributed by atoms with Crippen molar-refractivity contribution >= 4 is 35.1 Å². The lowest BCUT2D eigenvalue weighted by Gasteiger charge is -2.11. The number of carbonyl (C=O) groups is 2. The van der Waals surface area contributed by atoms with Gasteiger partial charge >= 0.3 is 6.03 Å². The Balaban J connectivity index is 2.57. The van der Waals surface area contributed by atoms with Gasteiger partial charge in [0.2, 0.25) is 5.91 Å². The molecule has 1 aromatic carbocycles. The lowest BCUT2D eigenvalue weighted by atomic mass is 10.2. The molecule has 0 aliphatic rings. The highest BCUT2D eigenvalue weighted by Gasteiger charge is 2.10. The number of rotatable bonds is 5. The van der Waals surface area contributed by atoms with Gasteiger partial charge in [0.05, 0.1) is 7.11 Å². The molecule has 0 aromatic heterocycles. The first-order valence-electron chi connectivity index (χ1n) is 5.53. The molecule has 3 amide bonds. The summed E-state index contributed by atoms with van der Waals surface area (Å²) in [6.07, 6.45) is 0.0877. The average Bonchev–Trinajstić information content (AvgIpc) is 2.37. The number of urea groups is 1. The topological polar surface area (TPSA) is 67.4 Å². The molecule has 0 atom stereocenters. The predicted octanol–water partition coefficient (Wildman–Crippen LogP) is 2.30. The number of carbonyl (C=O) groups excluding carboxylic acids is 2. The molecule has 19 heavy (non-hydrogen) atoms. The Bertz CT molecular complexity index is 466. The maximum absolute atomic E-state index is 11.4. The number of alkyl halides is 1. The van der Waals surface area contributed by atoms with Gasteiger partial charge in [0, 0.05) is 29.4 Å². The van der Waals surface area contributed by atoms with Crippen LogP contribution in [0.3, 0.4) is 0 Å². The molecule has 2 N–H and O–H groups in total. The second-order valence-corrected chi connectivity index (χ2v) is 4.38. The van der Waals surface area contributed by atoms with Gasteiger partial charge in [-0.15, -0.1) is 11.6 Å². The highest BCUT2D eigenvalue weighted by atomic mass is 35.5. The fourth-order valence-corrected chi connectivity index (χ4v) is 1.79. The fourth-order valence-electron chi connectivity index (χ4n) is 1.39. The summed E-state index contributed by atoms with van der Waals surface area (Å²) in [4.78, 5) is 22.6. The zero-order chi connectivity index (χ0) is 14.3. The lowest BCUT2D eigenvalue weighted by Crippen LogP contribution is -2.39. The third-order valence-corrected chi connectivity index (χ3v) is 2.84. The van der Waals surface area contributed by atoms with E-state index in [1.54, 1.807) is 18.2 Å². The van der Waals surface area contributed by atoms with Crippen molar-refractivity contribution in [3.05, 3.63) is 28.8 Å². The van der Waals surface area contributed by atoms with Crippen molar-refractivity contribution in [2.45, 2.75) is 13.0 Å². The minimum atomic E-state index is -0.600. The number of ether oxygens (including phenoxy) is 1. The molecule has 0 spiro atoms. The van der Waals surface area contributed by atoms with Crippen LogP contribution in [-0.4, -0.2) is 24.9 Å². The second kappa shape index (κ2) is 7.86. The van der Waals surface area contributed by atoms with Crippen molar-refractivity contribution in [3.63, 3.8) is 0 Å². The van der Waals surface area contributed by atoms with Crippen molar-refractivity contribution in [3.8, 4) is 5.75 Å². The van der Waals surface area contributed by atoms with Gasteiger partial charge in [0.15, 0.2) is 0 Å². The molecule has 0 aliphatic heterocycles. The smallest absolute Gasteiger partial charge is 0.321 e. The molecular weight excluding hydrogens is 291 g/mol. The summed E-state index contributed by atoms with van der Waals surface area (Å²) >= 11 is 11.4. The minimum Gasteiger partial charge on any atom is -0.496 e. The van der Waals surface area contributed by atoms with Crippen LogP contribution in [0, 0.1) is 0 Å². The van der Waals surface area contributed by atoms with E-state index in [1.807, 2.05) is 0 Å². The first-order valence-corrected chi connectivity index (χ1v) is 6.44. The molecule has 7 heteroatoms. The van der Waals surface area contributed by atoms with Gasteiger partial charge in [-0.05, 0) is 12.1 Å². The third kappa shape index (κ3) is 4.96. The van der Waals surface area contributed by atoms with E-state index in [0.717, 1.165) is 0 Å². The Morgan fingerprint density at radius 1 is 1.37 bits per heavy atom. The van der Waals surface area contributed by atoms with E-state index in [2.05, 4.69) is 10.6 Å². The first-order chi connectivity index (χ1) is 9.08. The van der Waals surface area contributed by atoms with Gasteiger partial charge in [0.25, 0.3) is 0 Å². The van der Waals surface area contributed by atoms with Gasteiger partial charge in [-0.1, -0.05) is 17.7 Å². The summed E-state index contributed by atoms with van der Waals surface area (Å²) in [5.74, 6) is 0.302. The zero-order valence-electron chi connectivity index (χ0n) is 10.3. The van der Waals surface area contributed by atoms with Crippen molar-refractivity contribution in [1.82, 2.24) is 10.6 Å². The molecule has 0 bridgehead atoms. The highest BCUT2D eigenvalue weighted by Crippen LogP contribution is 2.25. The van der Waals surface area contributed by atoms with E-state index in [1.165, 1.54) is 7.11 Å². The summed E-state index contributed by atoms with van der Waals surface area (Å²) in [5.41, 5.74) is 0.645. The van der Waals surface area contributed by atoms with Gasteiger partial charge in [-0.2, -0.15) is 0 Å². The largest absolute Gasteiger partial charge is 0.496 e. The summed E-state index contributed by atoms with van der Waals surface area (Å²) in [7, 11) is 1.51. The first kappa shape index (κ1) is 15.6. The number of methoxy groups -OCH3 is 1. The van der Waals surface area contributed by atoms with Crippen LogP contribution in [-0.2, 0) is 11.3 Å². The number of amides is 3. The number of nitrogens with one attached hydrogen (secondary N) is 2. The fraction of sp³-hybridized carbons (Fsp3) is 0.333. The van der Waals surface area contributed by atoms with E-state index in [4.69, 9.17) is 27.9 Å². The maximum Gasteiger partial charge on any atom is 0.321 e. The molecule has 0 heterocycles. The van der Waals surface area contributed by atoms with Crippen molar-refractivity contribution in [2.24, 2.45) is 0 Å². The molecule has 1 aromatic rings. The summed E-state index contributed by atoms with van der Waals surface area (Å²) < 4.78 is 5.14. The van der Waals surface area contributed by atoms with E-state index in [-0.39, 0.29) is 18.8 Å². The van der Waals surface area contributed by atoms with E-state index in [9.17, 15) is 9.59 Å². The van der Waals surface area contributed by atoms with E-state index in [0.29, 0.717) is 16.3 Å². The molecule has 5 nitrogen and oxygen atoms in total. The number of hydrogen-bond acceptors (Lipinski definition) is 3. The SMILES string of the molecule is COc1cccc(Cl)c1CNC(=O)NC(=O)CCCl. The maximum atomic E-state index is 11.4. The van der Waals surface area contributed by atoms with Crippen molar-refractivity contribution in [1.29, 1.82) is 0 Å². The quantitative estimate of drug-likeness (QED) is 0.820. The Morgan fingerprint density at radius 2 is 2.11 bits per heavy atom. The molecule has 104 valence electrons. The van der Waals surface area contributed by atoms with Crippen LogP contribution in [0.1, 0.15) is 12.0 Å². The minimum absolute atomic E-state index is 0.0877. The van der Waals surface area contributed by atoms with Crippen molar-refractivity contribution < 1.29 is 14.3 Å². The Morgan fingerprint density at radius 3 is 2.74 bits per heavy atom. The van der Waals surface area contributed by atoms with Crippen LogP contribution in [0.4, 0.5) is 4.79 Å². The average molecular weight is 305 g/mol. The monoisotopic (exact) mass is 304 g/mol. The van der Waals surface area contributed by atoms with E-state index < -0.39 is 11.9 Å². The zero-order valence-corrected chi connectivity index (χ0v) is 11.8. The standard InChI is InChI=1S/C12H14Cl2N2O3/c1-19-10-4-2-3-9(14)8(10)7-15-12(18)16-11(17)5-6-13/h2-4H,5-7H2,1H3,(H2,15,16,17,18). The predicted molar refractivity (Wildman–Crippen MR) is 73.7 cm³/mol. The Labute approximate surface area is 121 Å². The lowest BCUT2D eigenvalue weighted by molar-refractivity contribution is -0.119. The molecule has 0 saturated carbocycles. The summed E-state index contributed by atoms with van der Waals surface area (Å²) in [6.45, 7) is 0.156. The van der Waals surface area contributed by atoms with Gasteiger partial charge in [-0.3, -0.25) is 10.1 Å². The van der Waals surface area contributed by atoms with Gasteiger partial charge in [0.1, 0.15) is 5.75 Å². The molecule has 0 fully saturated rings. The highest BCUT2D eigenvalue weighted by molar-refractivity contribution is 6.31. The molecule has 0 aliphatic carbocycles. The second-order valence-electron chi connectivity index (χ2n) is 3.59. The molecule has 0 radical (unpaired) electrons. The number of hydrogen-bond donors (Lipinski definition) is 2. The summed E-state index contributed by atoms with van der Waals surface area (Å²) in [6, 6.07) is 4.57. The Kier molecular flexibility index (Phi) is 6.45. The normalized spacial score (nSPS) is 9.84. The molecular formula is C12H14Cl2N2O3. The van der Waals surface area contributed by atoms with Crippen molar-refractivity contribution in [2.75, 3.05) is 13.0 Å². The van der Waals surface area contributed by atoms with E-state index >= 15 is 0 Å². The summed E-state index contributed by atoms with van der Waals surface area (Å²) in [5, 5.41) is 5.15.